The summed E-state index contributed by atoms with van der Waals surface area (Å²) in [6.45, 7) is 2.48. The van der Waals surface area contributed by atoms with Crippen molar-refractivity contribution in [2.75, 3.05) is 13.2 Å². The van der Waals surface area contributed by atoms with Gasteiger partial charge in [0.2, 0.25) is 0 Å². The number of nitrogens with two attached hydrogens (primary N) is 1. The number of ether oxygens (including phenoxy) is 1. The Bertz CT molecular complexity index is 654. The lowest BCUT2D eigenvalue weighted by molar-refractivity contribution is -0.137. The van der Waals surface area contributed by atoms with Crippen LogP contribution in [0.5, 0.6) is 0 Å². The van der Waals surface area contributed by atoms with Crippen LogP contribution in [0.15, 0.2) is 18.3 Å². The summed E-state index contributed by atoms with van der Waals surface area (Å²) >= 11 is 0. The molecule has 8 heteroatoms. The molecule has 3 heterocycles. The van der Waals surface area contributed by atoms with Crippen molar-refractivity contribution in [1.29, 1.82) is 0 Å². The predicted octanol–water partition coefficient (Wildman–Crippen LogP) is 1.36. The van der Waals surface area contributed by atoms with Gasteiger partial charge in [-0.3, -0.25) is 4.40 Å². The molecule has 2 unspecified atom stereocenters. The fraction of sp³-hybridized carbons (Fsp3) is 0.500. The number of nitrogens with zero attached hydrogens (tertiary/aromatic N) is 3. The normalized spacial score (nSPS) is 27.4. The molecule has 1 aliphatic rings. The molecule has 0 aromatic carbocycles. The monoisotopic (exact) mass is 286 g/mol. The van der Waals surface area contributed by atoms with Crippen molar-refractivity contribution in [3.05, 3.63) is 29.7 Å². The summed E-state index contributed by atoms with van der Waals surface area (Å²) in [7, 11) is 0. The average Bonchev–Trinajstić information content (AvgIpc) is 2.93. The van der Waals surface area contributed by atoms with Crippen LogP contribution >= 0.6 is 0 Å². The molecule has 0 aliphatic carbocycles. The molecule has 1 fully saturated rings. The van der Waals surface area contributed by atoms with Gasteiger partial charge in [-0.2, -0.15) is 13.2 Å². The third kappa shape index (κ3) is 1.87. The smallest absolute Gasteiger partial charge is 0.379 e. The Morgan fingerprint density at radius 2 is 2.15 bits per heavy atom. The third-order valence-corrected chi connectivity index (χ3v) is 3.76. The molecule has 2 aromatic heterocycles. The number of alkyl halides is 3. The zero-order valence-corrected chi connectivity index (χ0v) is 10.7. The van der Waals surface area contributed by atoms with Crippen molar-refractivity contribution in [3.63, 3.8) is 0 Å². The maximum atomic E-state index is 12.8. The molecule has 0 amide bonds. The predicted molar refractivity (Wildman–Crippen MR) is 64.1 cm³/mol. The van der Waals surface area contributed by atoms with Crippen molar-refractivity contribution in [3.8, 4) is 0 Å². The lowest BCUT2D eigenvalue weighted by Crippen LogP contribution is -2.43. The standard InChI is InChI=1S/C12H13F3N4O/c1-11(6-20-5-8(11)16)10-18-17-9-3-2-7(4-19(9)10)12(13,14)15/h2-4,8H,5-6,16H2,1H3. The van der Waals surface area contributed by atoms with Gasteiger partial charge in [0.25, 0.3) is 0 Å². The summed E-state index contributed by atoms with van der Waals surface area (Å²) in [5, 5.41) is 7.91. The molecule has 2 aromatic rings. The Balaban J connectivity index is 2.17. The summed E-state index contributed by atoms with van der Waals surface area (Å²) in [4.78, 5) is 0. The van der Waals surface area contributed by atoms with Crippen LogP contribution in [0, 0.1) is 0 Å². The van der Waals surface area contributed by atoms with Gasteiger partial charge in [-0.1, -0.05) is 0 Å². The molecule has 108 valence electrons. The highest BCUT2D eigenvalue weighted by atomic mass is 19.4. The van der Waals surface area contributed by atoms with E-state index in [4.69, 9.17) is 10.5 Å². The highest BCUT2D eigenvalue weighted by Gasteiger charge is 2.43. The van der Waals surface area contributed by atoms with E-state index < -0.39 is 17.2 Å². The number of fused-ring (bicyclic) bond motifs is 1. The number of pyridine rings is 1. The van der Waals surface area contributed by atoms with Crippen LogP contribution < -0.4 is 5.73 Å². The number of hydrogen-bond donors (Lipinski definition) is 1. The van der Waals surface area contributed by atoms with Gasteiger partial charge in [-0.15, -0.1) is 10.2 Å². The first-order chi connectivity index (χ1) is 9.32. The van der Waals surface area contributed by atoms with E-state index >= 15 is 0 Å². The van der Waals surface area contributed by atoms with E-state index in [1.807, 2.05) is 6.92 Å². The van der Waals surface area contributed by atoms with E-state index in [0.717, 1.165) is 12.3 Å². The molecule has 1 saturated heterocycles. The number of hydrogen-bond acceptors (Lipinski definition) is 4. The molecule has 0 bridgehead atoms. The molecular weight excluding hydrogens is 273 g/mol. The minimum Gasteiger partial charge on any atom is -0.379 e. The quantitative estimate of drug-likeness (QED) is 0.859. The lowest BCUT2D eigenvalue weighted by atomic mass is 9.85. The van der Waals surface area contributed by atoms with Crippen molar-refractivity contribution in [1.82, 2.24) is 14.6 Å². The van der Waals surface area contributed by atoms with Crippen LogP contribution in [0.1, 0.15) is 18.3 Å². The van der Waals surface area contributed by atoms with E-state index in [1.165, 1.54) is 10.5 Å². The maximum absolute atomic E-state index is 12.8. The van der Waals surface area contributed by atoms with Crippen molar-refractivity contribution >= 4 is 5.65 Å². The summed E-state index contributed by atoms with van der Waals surface area (Å²) in [5.74, 6) is 0.392. The zero-order valence-electron chi connectivity index (χ0n) is 10.7. The highest BCUT2D eigenvalue weighted by molar-refractivity contribution is 5.41. The van der Waals surface area contributed by atoms with Crippen LogP contribution in [-0.2, 0) is 16.3 Å². The van der Waals surface area contributed by atoms with E-state index in [1.54, 1.807) is 0 Å². The fourth-order valence-electron chi connectivity index (χ4n) is 2.37. The van der Waals surface area contributed by atoms with E-state index in [-0.39, 0.29) is 6.04 Å². The van der Waals surface area contributed by atoms with Crippen LogP contribution in [-0.4, -0.2) is 33.9 Å². The highest BCUT2D eigenvalue weighted by Crippen LogP contribution is 2.33. The van der Waals surface area contributed by atoms with Gasteiger partial charge < -0.3 is 10.5 Å². The SMILES string of the molecule is CC1(c2nnc3ccc(C(F)(F)F)cn23)COCC1N. The molecule has 20 heavy (non-hydrogen) atoms. The van der Waals surface area contributed by atoms with Crippen molar-refractivity contribution in [2.45, 2.75) is 24.6 Å². The first kappa shape index (κ1) is 13.3. The number of aromatic nitrogens is 3. The Labute approximate surface area is 112 Å². The molecule has 1 aliphatic heterocycles. The number of rotatable bonds is 1. The van der Waals surface area contributed by atoms with E-state index in [9.17, 15) is 13.2 Å². The molecule has 0 spiro atoms. The van der Waals surface area contributed by atoms with Crippen LogP contribution in [0.4, 0.5) is 13.2 Å². The molecule has 0 radical (unpaired) electrons. The molecular formula is C12H13F3N4O. The maximum Gasteiger partial charge on any atom is 0.417 e. The minimum absolute atomic E-state index is 0.311. The van der Waals surface area contributed by atoms with Crippen molar-refractivity contribution in [2.24, 2.45) is 5.73 Å². The van der Waals surface area contributed by atoms with Gasteiger partial charge in [0.15, 0.2) is 5.65 Å². The van der Waals surface area contributed by atoms with Gasteiger partial charge in [0.05, 0.1) is 24.2 Å². The Hall–Kier alpha value is -1.67. The van der Waals surface area contributed by atoms with E-state index in [0.29, 0.717) is 24.7 Å². The molecule has 5 nitrogen and oxygen atoms in total. The molecule has 0 saturated carbocycles. The zero-order chi connectivity index (χ0) is 14.5. The van der Waals surface area contributed by atoms with Crippen LogP contribution in [0.3, 0.4) is 0 Å². The lowest BCUT2D eigenvalue weighted by Gasteiger charge is -2.24. The first-order valence-electron chi connectivity index (χ1n) is 6.08. The topological polar surface area (TPSA) is 65.4 Å². The summed E-state index contributed by atoms with van der Waals surface area (Å²) < 4.78 is 45.1. The first-order valence-corrected chi connectivity index (χ1v) is 6.08. The second-order valence-electron chi connectivity index (χ2n) is 5.21. The van der Waals surface area contributed by atoms with Gasteiger partial charge in [-0.25, -0.2) is 0 Å². The van der Waals surface area contributed by atoms with E-state index in [2.05, 4.69) is 10.2 Å². The Morgan fingerprint density at radius 1 is 1.40 bits per heavy atom. The van der Waals surface area contributed by atoms with Crippen LogP contribution in [0.2, 0.25) is 0 Å². The molecule has 2 atom stereocenters. The number of halogens is 3. The summed E-state index contributed by atoms with van der Waals surface area (Å²) in [5.41, 5.74) is 4.95. The fourth-order valence-corrected chi connectivity index (χ4v) is 2.37. The summed E-state index contributed by atoms with van der Waals surface area (Å²) in [6, 6.07) is 1.95. The Kier molecular flexibility index (Phi) is 2.77. The third-order valence-electron chi connectivity index (χ3n) is 3.76. The Morgan fingerprint density at radius 3 is 2.75 bits per heavy atom. The minimum atomic E-state index is -4.41. The second-order valence-corrected chi connectivity index (χ2v) is 5.21. The largest absolute Gasteiger partial charge is 0.417 e. The summed E-state index contributed by atoms with van der Waals surface area (Å²) in [6.07, 6.45) is -3.41. The average molecular weight is 286 g/mol. The van der Waals surface area contributed by atoms with Gasteiger partial charge in [0.1, 0.15) is 5.82 Å². The molecule has 3 rings (SSSR count). The van der Waals surface area contributed by atoms with Gasteiger partial charge >= 0.3 is 6.18 Å². The second kappa shape index (κ2) is 4.16. The van der Waals surface area contributed by atoms with Gasteiger partial charge in [-0.05, 0) is 19.1 Å². The van der Waals surface area contributed by atoms with Crippen LogP contribution in [0.25, 0.3) is 5.65 Å². The van der Waals surface area contributed by atoms with Gasteiger partial charge in [0, 0.05) is 12.2 Å². The molecule has 2 N–H and O–H groups in total. The van der Waals surface area contributed by atoms with Crippen molar-refractivity contribution < 1.29 is 17.9 Å².